The second-order valence-electron chi connectivity index (χ2n) is 4.19. The van der Waals surface area contributed by atoms with E-state index < -0.39 is 0 Å². The molecule has 6 heteroatoms. The fourth-order valence-electron chi connectivity index (χ4n) is 1.50. The van der Waals surface area contributed by atoms with Crippen molar-refractivity contribution in [1.29, 1.82) is 0 Å². The van der Waals surface area contributed by atoms with E-state index in [-0.39, 0.29) is 12.5 Å². The molecule has 0 radical (unpaired) electrons. The molecule has 1 heterocycles. The number of halogens is 1. The number of carbonyl (C=O) groups is 1. The van der Waals surface area contributed by atoms with Gasteiger partial charge in [0.05, 0.1) is 6.54 Å². The van der Waals surface area contributed by atoms with Gasteiger partial charge in [-0.25, -0.2) is 0 Å². The van der Waals surface area contributed by atoms with Crippen molar-refractivity contribution in [2.45, 2.75) is 13.8 Å². The van der Waals surface area contributed by atoms with Crippen LogP contribution in [0.4, 0.5) is 11.5 Å². The van der Waals surface area contributed by atoms with Gasteiger partial charge in [0.1, 0.15) is 5.76 Å². The predicted octanol–water partition coefficient (Wildman–Crippen LogP) is 3.00. The van der Waals surface area contributed by atoms with Gasteiger partial charge in [-0.05, 0) is 31.5 Å². The minimum absolute atomic E-state index is 0.109. The summed E-state index contributed by atoms with van der Waals surface area (Å²) in [4.78, 5) is 11.7. The van der Waals surface area contributed by atoms with Crippen molar-refractivity contribution in [2.75, 3.05) is 17.2 Å². The molecule has 0 atom stereocenters. The minimum Gasteiger partial charge on any atom is -0.360 e. The van der Waals surface area contributed by atoms with Crippen LogP contribution in [0.3, 0.4) is 0 Å². The summed E-state index contributed by atoms with van der Waals surface area (Å²) in [6, 6.07) is 7.09. The van der Waals surface area contributed by atoms with Crippen molar-refractivity contribution in [3.05, 3.63) is 40.6 Å². The summed E-state index contributed by atoms with van der Waals surface area (Å²) in [6.07, 6.45) is 0. The molecule has 0 fully saturated rings. The fraction of sp³-hybridized carbons (Fsp3) is 0.231. The van der Waals surface area contributed by atoms with E-state index in [1.165, 1.54) is 0 Å². The maximum atomic E-state index is 11.7. The number of carbonyl (C=O) groups excluding carboxylic acids is 1. The van der Waals surface area contributed by atoms with E-state index in [4.69, 9.17) is 16.1 Å². The van der Waals surface area contributed by atoms with Crippen molar-refractivity contribution >= 4 is 29.0 Å². The van der Waals surface area contributed by atoms with Crippen molar-refractivity contribution in [1.82, 2.24) is 5.16 Å². The Morgan fingerprint density at radius 1 is 1.37 bits per heavy atom. The van der Waals surface area contributed by atoms with E-state index in [0.717, 1.165) is 5.56 Å². The van der Waals surface area contributed by atoms with Gasteiger partial charge in [0.2, 0.25) is 5.91 Å². The van der Waals surface area contributed by atoms with E-state index in [9.17, 15) is 4.79 Å². The van der Waals surface area contributed by atoms with Crippen molar-refractivity contribution < 1.29 is 9.32 Å². The Morgan fingerprint density at radius 3 is 2.79 bits per heavy atom. The van der Waals surface area contributed by atoms with Gasteiger partial charge in [-0.1, -0.05) is 22.8 Å². The second-order valence-corrected chi connectivity index (χ2v) is 4.60. The summed E-state index contributed by atoms with van der Waals surface area (Å²) in [5.74, 6) is 1.04. The smallest absolute Gasteiger partial charge is 0.243 e. The van der Waals surface area contributed by atoms with Crippen molar-refractivity contribution in [2.24, 2.45) is 0 Å². The van der Waals surface area contributed by atoms with Crippen LogP contribution < -0.4 is 10.6 Å². The van der Waals surface area contributed by atoms with Crippen LogP contribution in [0.1, 0.15) is 11.3 Å². The van der Waals surface area contributed by atoms with Crippen LogP contribution in [0.2, 0.25) is 5.02 Å². The molecule has 0 saturated carbocycles. The standard InChI is InChI=1S/C13H14ClN3O2/c1-8-3-4-10(6-11(8)14)16-13(18)7-15-12-5-9(2)19-17-12/h3-6H,7H2,1-2H3,(H,15,17)(H,16,18). The molecule has 1 aromatic carbocycles. The number of benzene rings is 1. The third kappa shape index (κ3) is 3.72. The maximum absolute atomic E-state index is 11.7. The number of amides is 1. The minimum atomic E-state index is -0.180. The van der Waals surface area contributed by atoms with Gasteiger partial charge >= 0.3 is 0 Å². The van der Waals surface area contributed by atoms with Gasteiger partial charge in [-0.3, -0.25) is 4.79 Å². The quantitative estimate of drug-likeness (QED) is 0.903. The lowest BCUT2D eigenvalue weighted by atomic mass is 10.2. The molecule has 0 spiro atoms. The van der Waals surface area contributed by atoms with Gasteiger partial charge in [-0.2, -0.15) is 0 Å². The molecule has 5 nitrogen and oxygen atoms in total. The van der Waals surface area contributed by atoms with E-state index in [1.54, 1.807) is 25.1 Å². The van der Waals surface area contributed by atoms with Gasteiger partial charge < -0.3 is 15.2 Å². The van der Waals surface area contributed by atoms with Crippen LogP contribution in [0.15, 0.2) is 28.8 Å². The van der Waals surface area contributed by atoms with Crippen LogP contribution in [0.5, 0.6) is 0 Å². The van der Waals surface area contributed by atoms with Crippen molar-refractivity contribution in [3.63, 3.8) is 0 Å². The Labute approximate surface area is 115 Å². The number of aromatic nitrogens is 1. The van der Waals surface area contributed by atoms with Crippen LogP contribution in [0.25, 0.3) is 0 Å². The number of anilines is 2. The first kappa shape index (κ1) is 13.4. The maximum Gasteiger partial charge on any atom is 0.243 e. The highest BCUT2D eigenvalue weighted by Crippen LogP contribution is 2.19. The average Bonchev–Trinajstić information content (AvgIpc) is 2.77. The summed E-state index contributed by atoms with van der Waals surface area (Å²) < 4.78 is 4.88. The number of hydrogen-bond acceptors (Lipinski definition) is 4. The highest BCUT2D eigenvalue weighted by molar-refractivity contribution is 6.31. The van der Waals surface area contributed by atoms with E-state index in [2.05, 4.69) is 15.8 Å². The third-order valence-electron chi connectivity index (χ3n) is 2.51. The lowest BCUT2D eigenvalue weighted by molar-refractivity contribution is -0.114. The Morgan fingerprint density at radius 2 is 2.16 bits per heavy atom. The first-order chi connectivity index (χ1) is 9.04. The number of aryl methyl sites for hydroxylation is 2. The first-order valence-electron chi connectivity index (χ1n) is 5.78. The average molecular weight is 280 g/mol. The number of rotatable bonds is 4. The SMILES string of the molecule is Cc1cc(NCC(=O)Nc2ccc(C)c(Cl)c2)no1. The molecule has 2 aromatic rings. The third-order valence-corrected chi connectivity index (χ3v) is 2.92. The molecule has 0 unspecified atom stereocenters. The highest BCUT2D eigenvalue weighted by Gasteiger charge is 2.05. The molecule has 1 amide bonds. The van der Waals surface area contributed by atoms with E-state index in [0.29, 0.717) is 22.3 Å². The molecule has 19 heavy (non-hydrogen) atoms. The first-order valence-corrected chi connectivity index (χ1v) is 6.15. The summed E-state index contributed by atoms with van der Waals surface area (Å²) >= 11 is 5.98. The predicted molar refractivity (Wildman–Crippen MR) is 74.5 cm³/mol. The van der Waals surface area contributed by atoms with Gasteiger partial charge in [0.15, 0.2) is 5.82 Å². The lowest BCUT2D eigenvalue weighted by Gasteiger charge is -2.07. The van der Waals surface area contributed by atoms with Crippen LogP contribution in [0, 0.1) is 13.8 Å². The summed E-state index contributed by atoms with van der Waals surface area (Å²) in [5.41, 5.74) is 1.63. The van der Waals surface area contributed by atoms with Gasteiger partial charge in [0, 0.05) is 16.8 Å². The van der Waals surface area contributed by atoms with Gasteiger partial charge in [-0.15, -0.1) is 0 Å². The normalized spacial score (nSPS) is 10.3. The summed E-state index contributed by atoms with van der Waals surface area (Å²) in [7, 11) is 0. The molecule has 2 rings (SSSR count). The zero-order valence-corrected chi connectivity index (χ0v) is 11.4. The Hall–Kier alpha value is -2.01. The zero-order valence-electron chi connectivity index (χ0n) is 10.7. The summed E-state index contributed by atoms with van der Waals surface area (Å²) in [5, 5.41) is 9.96. The summed E-state index contributed by atoms with van der Waals surface area (Å²) in [6.45, 7) is 3.80. The zero-order chi connectivity index (χ0) is 13.8. The molecule has 100 valence electrons. The van der Waals surface area contributed by atoms with Crippen LogP contribution in [-0.2, 0) is 4.79 Å². The molecule has 0 aliphatic carbocycles. The second kappa shape index (κ2) is 5.75. The van der Waals surface area contributed by atoms with E-state index in [1.807, 2.05) is 13.0 Å². The highest BCUT2D eigenvalue weighted by atomic mass is 35.5. The van der Waals surface area contributed by atoms with Crippen molar-refractivity contribution in [3.8, 4) is 0 Å². The van der Waals surface area contributed by atoms with Crippen LogP contribution in [-0.4, -0.2) is 17.6 Å². The molecule has 0 bridgehead atoms. The van der Waals surface area contributed by atoms with Gasteiger partial charge in [0.25, 0.3) is 0 Å². The Balaban J connectivity index is 1.88. The molecule has 1 aromatic heterocycles. The number of hydrogen-bond donors (Lipinski definition) is 2. The largest absolute Gasteiger partial charge is 0.360 e. The molecule has 0 aliphatic heterocycles. The lowest BCUT2D eigenvalue weighted by Crippen LogP contribution is -2.21. The monoisotopic (exact) mass is 279 g/mol. The Kier molecular flexibility index (Phi) is 4.06. The molecule has 0 aliphatic rings. The molecular weight excluding hydrogens is 266 g/mol. The van der Waals surface area contributed by atoms with E-state index >= 15 is 0 Å². The fourth-order valence-corrected chi connectivity index (χ4v) is 1.68. The Bertz CT molecular complexity index is 595. The molecule has 0 saturated heterocycles. The molecular formula is C13H14ClN3O2. The topological polar surface area (TPSA) is 67.2 Å². The number of nitrogens with zero attached hydrogens (tertiary/aromatic N) is 1. The van der Waals surface area contributed by atoms with Crippen LogP contribution >= 0.6 is 11.6 Å². The number of nitrogens with one attached hydrogen (secondary N) is 2. The molecule has 2 N–H and O–H groups in total.